The van der Waals surface area contributed by atoms with Crippen LogP contribution in [0.1, 0.15) is 65.1 Å². The predicted molar refractivity (Wildman–Crippen MR) is 160 cm³/mol. The summed E-state index contributed by atoms with van der Waals surface area (Å²) >= 11 is 6.02. The Morgan fingerprint density at radius 2 is 1.88 bits per heavy atom. The molecular weight excluding hydrogens is 562 g/mol. The summed E-state index contributed by atoms with van der Waals surface area (Å²) in [6.45, 7) is 4.70. The Morgan fingerprint density at radius 1 is 1.12 bits per heavy atom. The highest BCUT2D eigenvalue weighted by Crippen LogP contribution is 2.44. The average molecular weight is 596 g/mol. The number of nitrogens with zero attached hydrogens (tertiary/aromatic N) is 2. The predicted octanol–water partition coefficient (Wildman–Crippen LogP) is 5.36. The van der Waals surface area contributed by atoms with E-state index in [2.05, 4.69) is 28.8 Å². The summed E-state index contributed by atoms with van der Waals surface area (Å²) in [5, 5.41) is 12.3. The average Bonchev–Trinajstić information content (AvgIpc) is 3.52. The molecule has 1 aromatic heterocycles. The summed E-state index contributed by atoms with van der Waals surface area (Å²) in [7, 11) is -1.99. The second kappa shape index (κ2) is 11.4. The molecule has 0 fully saturated rings. The number of urea groups is 1. The van der Waals surface area contributed by atoms with Crippen LogP contribution in [0.5, 0.6) is 5.75 Å². The summed E-state index contributed by atoms with van der Waals surface area (Å²) in [5.41, 5.74) is 6.11. The maximum Gasteiger partial charge on any atom is 0.354 e. The molecule has 41 heavy (non-hydrogen) atoms. The number of aromatic nitrogens is 1. The van der Waals surface area contributed by atoms with E-state index in [0.717, 1.165) is 65.9 Å². The lowest BCUT2D eigenvalue weighted by Crippen LogP contribution is -2.26. The third-order valence-electron chi connectivity index (χ3n) is 7.78. The topological polar surface area (TPSA) is 136 Å². The number of carbonyl (C=O) groups excluding carboxylic acids is 2. The highest BCUT2D eigenvalue weighted by Gasteiger charge is 2.36. The second-order valence-electron chi connectivity index (χ2n) is 11.1. The summed E-state index contributed by atoms with van der Waals surface area (Å²) in [4.78, 5) is 30.8. The monoisotopic (exact) mass is 595 g/mol. The number of ether oxygens (including phenoxy) is 1. The zero-order chi connectivity index (χ0) is 29.4. The molecule has 216 valence electrons. The fourth-order valence-corrected chi connectivity index (χ4v) is 6.66. The molecule has 0 saturated carbocycles. The lowest BCUT2D eigenvalue weighted by Gasteiger charge is -2.20. The first kappa shape index (κ1) is 29.0. The van der Waals surface area contributed by atoms with Gasteiger partial charge in [0.1, 0.15) is 15.7 Å². The van der Waals surface area contributed by atoms with Crippen LogP contribution in [0, 0.1) is 0 Å². The van der Waals surface area contributed by atoms with Crippen molar-refractivity contribution < 1.29 is 18.5 Å². The van der Waals surface area contributed by atoms with Crippen molar-refractivity contribution in [1.29, 1.82) is 0 Å². The van der Waals surface area contributed by atoms with Crippen LogP contribution < -0.4 is 20.5 Å². The van der Waals surface area contributed by atoms with Gasteiger partial charge in [0.25, 0.3) is 5.91 Å². The van der Waals surface area contributed by atoms with Crippen molar-refractivity contribution in [1.82, 2.24) is 10.3 Å². The maximum absolute atomic E-state index is 13.3. The Morgan fingerprint density at radius 3 is 2.61 bits per heavy atom. The number of pyridine rings is 1. The Kier molecular flexibility index (Phi) is 8.09. The number of rotatable bonds is 7. The van der Waals surface area contributed by atoms with Crippen molar-refractivity contribution >= 4 is 39.1 Å². The van der Waals surface area contributed by atoms with Crippen molar-refractivity contribution in [3.8, 4) is 5.75 Å². The second-order valence-corrected chi connectivity index (χ2v) is 13.3. The van der Waals surface area contributed by atoms with Crippen molar-refractivity contribution in [3.63, 3.8) is 0 Å². The van der Waals surface area contributed by atoms with Gasteiger partial charge in [-0.05, 0) is 85.5 Å². The Bertz CT molecular complexity index is 1650. The molecule has 9 nitrogen and oxygen atoms in total. The van der Waals surface area contributed by atoms with E-state index in [4.69, 9.17) is 26.5 Å². The van der Waals surface area contributed by atoms with E-state index < -0.39 is 15.9 Å². The number of aryl methyl sites for hydroxylation is 1. The molecule has 1 heterocycles. The van der Waals surface area contributed by atoms with Crippen molar-refractivity contribution in [2.24, 2.45) is 9.50 Å². The standard InChI is InChI=1S/C30H34ClN5O4S/c1-30(2)15-13-22-26(21-5-4-6-24(21)34-27(22)30)35-29(38)36-41(32,39)20-10-7-18(8-11-20)14-16-33-28(37)23-17-19(31)9-12-25(23)40-3/h7-12,17H,4-6,13-16H2,1-3H3,(H,33,37)(H3,32,34,35,36,38,39). The van der Waals surface area contributed by atoms with Crippen LogP contribution >= 0.6 is 11.6 Å². The summed E-state index contributed by atoms with van der Waals surface area (Å²) < 4.78 is 22.4. The molecular formula is C30H34ClN5O4S. The van der Waals surface area contributed by atoms with Gasteiger partial charge in [-0.25, -0.2) is 14.1 Å². The molecule has 3 aromatic rings. The van der Waals surface area contributed by atoms with Gasteiger partial charge in [-0.2, -0.15) is 0 Å². The Hall–Kier alpha value is -3.47. The van der Waals surface area contributed by atoms with E-state index in [9.17, 15) is 13.8 Å². The molecule has 11 heteroatoms. The molecule has 4 N–H and O–H groups in total. The van der Waals surface area contributed by atoms with Crippen LogP contribution in [0.4, 0.5) is 10.5 Å². The number of hydrogen-bond acceptors (Lipinski definition) is 5. The van der Waals surface area contributed by atoms with Gasteiger partial charge in [0, 0.05) is 22.7 Å². The van der Waals surface area contributed by atoms with Crippen LogP contribution in [0.15, 0.2) is 51.7 Å². The number of nitrogens with one attached hydrogen (secondary N) is 2. The third kappa shape index (κ3) is 6.10. The van der Waals surface area contributed by atoms with E-state index >= 15 is 0 Å². The fourth-order valence-electron chi connectivity index (χ4n) is 5.56. The zero-order valence-corrected chi connectivity index (χ0v) is 25.0. The van der Waals surface area contributed by atoms with Crippen LogP contribution in [-0.4, -0.2) is 34.8 Å². The minimum atomic E-state index is -3.48. The number of carbonyl (C=O) groups is 2. The smallest absolute Gasteiger partial charge is 0.354 e. The molecule has 2 aliphatic carbocycles. The number of fused-ring (bicyclic) bond motifs is 2. The Labute approximate surface area is 245 Å². The molecule has 2 aromatic carbocycles. The van der Waals surface area contributed by atoms with Gasteiger partial charge in [0.2, 0.25) is 0 Å². The van der Waals surface area contributed by atoms with E-state index in [1.165, 1.54) is 7.11 Å². The number of hydrogen-bond donors (Lipinski definition) is 3. The molecule has 1 atom stereocenters. The first-order valence-corrected chi connectivity index (χ1v) is 15.6. The SMILES string of the molecule is COc1ccc(Cl)cc1C(=O)NCCc1ccc(S(N)(=O)=NC(=O)Nc2c3c(nc4c2CCC4(C)C)CCC3)cc1. The number of halogens is 1. The van der Waals surface area contributed by atoms with Crippen molar-refractivity contribution in [2.75, 3.05) is 19.0 Å². The lowest BCUT2D eigenvalue weighted by atomic mass is 9.90. The molecule has 0 radical (unpaired) electrons. The quantitative estimate of drug-likeness (QED) is 0.338. The van der Waals surface area contributed by atoms with Crippen molar-refractivity contribution in [3.05, 3.63) is 81.1 Å². The first-order valence-electron chi connectivity index (χ1n) is 13.6. The molecule has 3 amide bonds. The van der Waals surface area contributed by atoms with Gasteiger partial charge in [0.15, 0.2) is 0 Å². The number of nitrogens with two attached hydrogens (primary N) is 1. The normalized spacial score (nSPS) is 16.3. The van der Waals surface area contributed by atoms with Gasteiger partial charge >= 0.3 is 6.03 Å². The fraction of sp³-hybridized carbons (Fsp3) is 0.367. The van der Waals surface area contributed by atoms with Gasteiger partial charge in [0.05, 0.1) is 29.0 Å². The molecule has 0 saturated heterocycles. The van der Waals surface area contributed by atoms with Crippen LogP contribution in [0.3, 0.4) is 0 Å². The molecule has 5 rings (SSSR count). The van der Waals surface area contributed by atoms with E-state index in [1.807, 2.05) is 0 Å². The summed E-state index contributed by atoms with van der Waals surface area (Å²) in [5.74, 6) is 0.132. The zero-order valence-electron chi connectivity index (χ0n) is 23.4. The van der Waals surface area contributed by atoms with Gasteiger partial charge in [-0.3, -0.25) is 9.78 Å². The maximum atomic E-state index is 13.3. The number of anilines is 1. The minimum Gasteiger partial charge on any atom is -0.496 e. The van der Waals surface area contributed by atoms with E-state index in [-0.39, 0.29) is 16.2 Å². The minimum absolute atomic E-state index is 0.0579. The molecule has 1 unspecified atom stereocenters. The third-order valence-corrected chi connectivity index (χ3v) is 9.40. The Balaban J connectivity index is 1.25. The first-order chi connectivity index (χ1) is 19.5. The van der Waals surface area contributed by atoms with E-state index in [1.54, 1.807) is 42.5 Å². The molecule has 0 spiro atoms. The van der Waals surface area contributed by atoms with Gasteiger partial charge in [-0.15, -0.1) is 4.36 Å². The van der Waals surface area contributed by atoms with Crippen LogP contribution in [0.25, 0.3) is 0 Å². The van der Waals surface area contributed by atoms with Crippen LogP contribution in [-0.2, 0) is 41.0 Å². The largest absolute Gasteiger partial charge is 0.496 e. The highest BCUT2D eigenvalue weighted by atomic mass is 35.5. The highest BCUT2D eigenvalue weighted by molar-refractivity contribution is 7.91. The van der Waals surface area contributed by atoms with Crippen molar-refractivity contribution in [2.45, 2.75) is 62.7 Å². The summed E-state index contributed by atoms with van der Waals surface area (Å²) in [6.07, 6.45) is 5.02. The molecule has 0 aliphatic heterocycles. The molecule has 2 aliphatic rings. The lowest BCUT2D eigenvalue weighted by molar-refractivity contribution is 0.0951. The number of methoxy groups -OCH3 is 1. The van der Waals surface area contributed by atoms with Crippen LogP contribution in [0.2, 0.25) is 5.02 Å². The number of benzene rings is 2. The van der Waals surface area contributed by atoms with E-state index in [0.29, 0.717) is 29.3 Å². The number of amides is 3. The van der Waals surface area contributed by atoms with Gasteiger partial charge in [-0.1, -0.05) is 37.6 Å². The summed E-state index contributed by atoms with van der Waals surface area (Å²) in [6, 6.07) is 10.8. The molecule has 0 bridgehead atoms. The van der Waals surface area contributed by atoms with Gasteiger partial charge < -0.3 is 15.4 Å².